The Balaban J connectivity index is 1.46. The molecule has 1 saturated heterocycles. The monoisotopic (exact) mass is 357 g/mol. The van der Waals surface area contributed by atoms with Gasteiger partial charge in [0.1, 0.15) is 11.4 Å². The van der Waals surface area contributed by atoms with Gasteiger partial charge in [-0.15, -0.1) is 0 Å². The average molecular weight is 357 g/mol. The molecule has 2 heterocycles. The summed E-state index contributed by atoms with van der Waals surface area (Å²) in [6.45, 7) is 3.16. The first-order chi connectivity index (χ1) is 12.5. The summed E-state index contributed by atoms with van der Waals surface area (Å²) in [5, 5.41) is 2.86. The van der Waals surface area contributed by atoms with Gasteiger partial charge in [-0.25, -0.2) is 14.4 Å². The van der Waals surface area contributed by atoms with Gasteiger partial charge in [-0.05, 0) is 50.3 Å². The maximum absolute atomic E-state index is 12.9. The Hall–Kier alpha value is -2.34. The summed E-state index contributed by atoms with van der Waals surface area (Å²) in [4.78, 5) is 20.8. The molecule has 0 bridgehead atoms. The summed E-state index contributed by atoms with van der Waals surface area (Å²) in [6, 6.07) is 6.21. The molecule has 6 heteroatoms. The fourth-order valence-corrected chi connectivity index (χ4v) is 3.03. The molecule has 0 spiro atoms. The van der Waals surface area contributed by atoms with E-state index in [0.29, 0.717) is 25.2 Å². The summed E-state index contributed by atoms with van der Waals surface area (Å²) < 4.78 is 18.7. The largest absolute Gasteiger partial charge is 0.367 e. The Bertz CT molecular complexity index is 726. The number of ether oxygens (including phenoxy) is 1. The van der Waals surface area contributed by atoms with Crippen molar-refractivity contribution in [2.45, 2.75) is 51.2 Å². The van der Waals surface area contributed by atoms with Crippen molar-refractivity contribution in [2.24, 2.45) is 0 Å². The van der Waals surface area contributed by atoms with Crippen LogP contribution in [0.5, 0.6) is 0 Å². The van der Waals surface area contributed by atoms with E-state index in [0.717, 1.165) is 37.0 Å². The second-order valence-corrected chi connectivity index (χ2v) is 6.85. The van der Waals surface area contributed by atoms with Crippen LogP contribution in [0.1, 0.15) is 49.6 Å². The minimum atomic E-state index is -0.408. The number of aromatic nitrogens is 2. The Labute approximate surface area is 153 Å². The number of aryl methyl sites for hydroxylation is 1. The zero-order valence-electron chi connectivity index (χ0n) is 15.0. The zero-order valence-corrected chi connectivity index (χ0v) is 15.0. The normalized spacial score (nSPS) is 19.9. The number of amides is 1. The molecule has 1 unspecified atom stereocenters. The van der Waals surface area contributed by atoms with E-state index in [1.165, 1.54) is 12.1 Å². The van der Waals surface area contributed by atoms with E-state index in [1.807, 2.05) is 6.92 Å². The van der Waals surface area contributed by atoms with Crippen molar-refractivity contribution < 1.29 is 13.9 Å². The molecule has 1 aromatic heterocycles. The van der Waals surface area contributed by atoms with E-state index in [1.54, 1.807) is 24.5 Å². The number of hydrogen-bond donors (Lipinski definition) is 1. The first-order valence-electron chi connectivity index (χ1n) is 9.02. The van der Waals surface area contributed by atoms with E-state index in [2.05, 4.69) is 15.3 Å². The van der Waals surface area contributed by atoms with Gasteiger partial charge in [0.05, 0.1) is 0 Å². The predicted molar refractivity (Wildman–Crippen MR) is 95.8 cm³/mol. The molecule has 1 aliphatic heterocycles. The summed E-state index contributed by atoms with van der Waals surface area (Å²) in [6.07, 6.45) is 7.54. The maximum Gasteiger partial charge on any atom is 0.220 e. The highest BCUT2D eigenvalue weighted by atomic mass is 19.1. The van der Waals surface area contributed by atoms with Crippen molar-refractivity contribution in [1.82, 2.24) is 15.3 Å². The smallest absolute Gasteiger partial charge is 0.220 e. The molecule has 5 nitrogen and oxygen atoms in total. The van der Waals surface area contributed by atoms with Crippen LogP contribution in [0.15, 0.2) is 36.7 Å². The first kappa shape index (κ1) is 18.5. The highest BCUT2D eigenvalue weighted by Gasteiger charge is 2.32. The molecule has 1 fully saturated rings. The van der Waals surface area contributed by atoms with Gasteiger partial charge >= 0.3 is 0 Å². The van der Waals surface area contributed by atoms with Gasteiger partial charge in [0.2, 0.25) is 5.91 Å². The van der Waals surface area contributed by atoms with Gasteiger partial charge in [0.25, 0.3) is 0 Å². The molecule has 26 heavy (non-hydrogen) atoms. The second-order valence-electron chi connectivity index (χ2n) is 6.85. The van der Waals surface area contributed by atoms with Crippen LogP contribution in [0.4, 0.5) is 4.39 Å². The van der Waals surface area contributed by atoms with Crippen LogP contribution in [0.3, 0.4) is 0 Å². The summed E-state index contributed by atoms with van der Waals surface area (Å²) in [7, 11) is 0. The molecule has 0 saturated carbocycles. The van der Waals surface area contributed by atoms with Gasteiger partial charge in [-0.3, -0.25) is 4.79 Å². The molecule has 0 radical (unpaired) electrons. The minimum absolute atomic E-state index is 0.0547. The van der Waals surface area contributed by atoms with Crippen LogP contribution in [0.25, 0.3) is 0 Å². The fraction of sp³-hybridized carbons (Fsp3) is 0.450. The van der Waals surface area contributed by atoms with Crippen molar-refractivity contribution in [3.05, 3.63) is 59.4 Å². The predicted octanol–water partition coefficient (Wildman–Crippen LogP) is 3.28. The van der Waals surface area contributed by atoms with Gasteiger partial charge < -0.3 is 10.1 Å². The topological polar surface area (TPSA) is 64.1 Å². The number of rotatable bonds is 6. The van der Waals surface area contributed by atoms with Gasteiger partial charge in [0.15, 0.2) is 5.82 Å². The van der Waals surface area contributed by atoms with Crippen LogP contribution in [-0.2, 0) is 28.1 Å². The van der Waals surface area contributed by atoms with Gasteiger partial charge in [-0.2, -0.15) is 0 Å². The highest BCUT2D eigenvalue weighted by molar-refractivity contribution is 5.76. The van der Waals surface area contributed by atoms with E-state index >= 15 is 0 Å². The van der Waals surface area contributed by atoms with E-state index in [9.17, 15) is 9.18 Å². The number of halogens is 1. The first-order valence-corrected chi connectivity index (χ1v) is 9.02. The van der Waals surface area contributed by atoms with Crippen LogP contribution in [-0.4, -0.2) is 22.5 Å². The quantitative estimate of drug-likeness (QED) is 0.862. The third kappa shape index (κ3) is 4.85. The van der Waals surface area contributed by atoms with Crippen LogP contribution >= 0.6 is 0 Å². The van der Waals surface area contributed by atoms with Crippen molar-refractivity contribution in [3.8, 4) is 0 Å². The molecule has 3 rings (SSSR count). The lowest BCUT2D eigenvalue weighted by molar-refractivity contribution is -0.121. The van der Waals surface area contributed by atoms with Crippen LogP contribution in [0, 0.1) is 5.82 Å². The summed E-state index contributed by atoms with van der Waals surface area (Å²) in [5.74, 6) is 0.374. The van der Waals surface area contributed by atoms with Crippen molar-refractivity contribution in [1.29, 1.82) is 0 Å². The number of carbonyl (C=O) groups excluding carboxylic acids is 1. The Morgan fingerprint density at radius 3 is 2.58 bits per heavy atom. The lowest BCUT2D eigenvalue weighted by Gasteiger charge is -2.32. The van der Waals surface area contributed by atoms with E-state index < -0.39 is 5.60 Å². The van der Waals surface area contributed by atoms with Crippen LogP contribution in [0.2, 0.25) is 0 Å². The third-order valence-corrected chi connectivity index (χ3v) is 4.69. The average Bonchev–Trinajstić information content (AvgIpc) is 2.67. The van der Waals surface area contributed by atoms with Crippen LogP contribution < -0.4 is 5.32 Å². The SMILES string of the molecule is CC1(c2ncc(CNC(=O)CCc3ccc(F)cc3)cn2)CCCCO1. The summed E-state index contributed by atoms with van der Waals surface area (Å²) >= 11 is 0. The number of hydrogen-bond acceptors (Lipinski definition) is 4. The molecular formula is C20H24FN3O2. The summed E-state index contributed by atoms with van der Waals surface area (Å²) in [5.41, 5.74) is 1.38. The Morgan fingerprint density at radius 1 is 1.19 bits per heavy atom. The number of nitrogens with zero attached hydrogens (tertiary/aromatic N) is 2. The van der Waals surface area contributed by atoms with Gasteiger partial charge in [0, 0.05) is 37.5 Å². The standard InChI is InChI=1S/C20H24FN3O2/c1-20(10-2-3-11-26-20)19-23-13-16(14-24-19)12-22-18(25)9-6-15-4-7-17(21)8-5-15/h4-5,7-8,13-14H,2-3,6,9-12H2,1H3,(H,22,25). The van der Waals surface area contributed by atoms with E-state index in [4.69, 9.17) is 4.74 Å². The molecular weight excluding hydrogens is 333 g/mol. The number of carbonyl (C=O) groups is 1. The molecule has 2 aromatic rings. The molecule has 1 N–H and O–H groups in total. The Kier molecular flexibility index (Phi) is 5.93. The van der Waals surface area contributed by atoms with Gasteiger partial charge in [-0.1, -0.05) is 12.1 Å². The number of nitrogens with one attached hydrogen (secondary N) is 1. The third-order valence-electron chi connectivity index (χ3n) is 4.69. The minimum Gasteiger partial charge on any atom is -0.367 e. The van der Waals surface area contributed by atoms with Crippen molar-refractivity contribution >= 4 is 5.91 Å². The van der Waals surface area contributed by atoms with Crippen molar-refractivity contribution in [2.75, 3.05) is 6.61 Å². The maximum atomic E-state index is 12.9. The molecule has 1 aliphatic rings. The zero-order chi connectivity index (χ0) is 18.4. The highest BCUT2D eigenvalue weighted by Crippen LogP contribution is 2.32. The molecule has 1 aromatic carbocycles. The lowest BCUT2D eigenvalue weighted by Crippen LogP contribution is -2.32. The molecule has 138 valence electrons. The fourth-order valence-electron chi connectivity index (χ4n) is 3.03. The molecule has 1 atom stereocenters. The molecule has 1 amide bonds. The second kappa shape index (κ2) is 8.36. The van der Waals surface area contributed by atoms with Crippen molar-refractivity contribution in [3.63, 3.8) is 0 Å². The molecule has 0 aliphatic carbocycles. The van der Waals surface area contributed by atoms with E-state index in [-0.39, 0.29) is 11.7 Å². The lowest BCUT2D eigenvalue weighted by atomic mass is 9.95. The Morgan fingerprint density at radius 2 is 1.92 bits per heavy atom. The number of benzene rings is 1.